The zero-order valence-corrected chi connectivity index (χ0v) is 19.5. The summed E-state index contributed by atoms with van der Waals surface area (Å²) in [6.07, 6.45) is 8.37. The fourth-order valence-corrected chi connectivity index (χ4v) is 4.25. The second-order valence-corrected chi connectivity index (χ2v) is 8.44. The molecule has 5 rings (SSSR count). The summed E-state index contributed by atoms with van der Waals surface area (Å²) < 4.78 is 20.1. The first-order valence-electron chi connectivity index (χ1n) is 10.6. The van der Waals surface area contributed by atoms with Gasteiger partial charge in [0.05, 0.1) is 29.3 Å². The van der Waals surface area contributed by atoms with Crippen LogP contribution in [0.3, 0.4) is 0 Å². The lowest BCUT2D eigenvalue weighted by Crippen LogP contribution is -2.28. The van der Waals surface area contributed by atoms with Crippen molar-refractivity contribution in [2.75, 3.05) is 0 Å². The summed E-state index contributed by atoms with van der Waals surface area (Å²) in [6, 6.07) is 14.7. The molecule has 0 saturated carbocycles. The number of hydrogen-bond donors (Lipinski definition) is 0. The molecule has 172 valence electrons. The van der Waals surface area contributed by atoms with Gasteiger partial charge in [0, 0.05) is 41.7 Å². The van der Waals surface area contributed by atoms with Gasteiger partial charge in [-0.25, -0.2) is 14.1 Å². The number of hydrogen-bond acceptors (Lipinski definition) is 5. The number of halogens is 2. The number of aryl methyl sites for hydroxylation is 2. The van der Waals surface area contributed by atoms with Crippen molar-refractivity contribution in [1.82, 2.24) is 29.5 Å². The highest BCUT2D eigenvalue weighted by Crippen LogP contribution is 2.41. The van der Waals surface area contributed by atoms with E-state index < -0.39 is 5.67 Å². The molecule has 0 aliphatic heterocycles. The molecule has 0 N–H and O–H groups in total. The number of alkyl halides is 1. The number of benzene rings is 1. The van der Waals surface area contributed by atoms with Crippen molar-refractivity contribution in [3.8, 4) is 23.6 Å². The van der Waals surface area contributed by atoms with Crippen LogP contribution in [0.5, 0.6) is 0 Å². The van der Waals surface area contributed by atoms with E-state index in [1.807, 2.05) is 0 Å². The zero-order chi connectivity index (χ0) is 24.7. The first-order chi connectivity index (χ1) is 16.8. The van der Waals surface area contributed by atoms with Crippen molar-refractivity contribution in [2.24, 2.45) is 14.1 Å². The van der Waals surface area contributed by atoms with E-state index in [2.05, 4.69) is 26.2 Å². The van der Waals surface area contributed by atoms with Gasteiger partial charge in [0.25, 0.3) is 5.56 Å². The molecule has 0 aliphatic carbocycles. The van der Waals surface area contributed by atoms with Crippen LogP contribution in [0.15, 0.2) is 71.8 Å². The molecule has 0 amide bonds. The Bertz CT molecular complexity index is 1690. The van der Waals surface area contributed by atoms with Gasteiger partial charge in [-0.2, -0.15) is 0 Å². The Hall–Kier alpha value is -4.35. The molecule has 0 bridgehead atoms. The highest BCUT2D eigenvalue weighted by molar-refractivity contribution is 6.30. The van der Waals surface area contributed by atoms with Crippen molar-refractivity contribution in [3.63, 3.8) is 0 Å². The zero-order valence-electron chi connectivity index (χ0n) is 18.8. The first kappa shape index (κ1) is 22.4. The smallest absolute Gasteiger partial charge is 0.251 e. The molecule has 1 atom stereocenters. The average Bonchev–Trinajstić information content (AvgIpc) is 3.32. The molecular formula is C26H18ClFN6O. The van der Waals surface area contributed by atoms with E-state index in [1.54, 1.807) is 62.6 Å². The third kappa shape index (κ3) is 3.66. The molecule has 7 nitrogen and oxygen atoms in total. The molecule has 1 aromatic carbocycles. The predicted octanol–water partition coefficient (Wildman–Crippen LogP) is 4.02. The van der Waals surface area contributed by atoms with Gasteiger partial charge in [0.15, 0.2) is 0 Å². The summed E-state index contributed by atoms with van der Waals surface area (Å²) in [5.74, 6) is 2.50. The van der Waals surface area contributed by atoms with Crippen LogP contribution in [0, 0.1) is 12.3 Å². The SMILES string of the molecule is C#Cc1cccc(-c2cc(=O)n(C)c3cnc(C(F)(c4ccc(Cl)cc4)c4cnnn4C)cc23)n1. The third-order valence-corrected chi connectivity index (χ3v) is 6.22. The topological polar surface area (TPSA) is 78.5 Å². The molecular weight excluding hydrogens is 467 g/mol. The monoisotopic (exact) mass is 484 g/mol. The minimum absolute atomic E-state index is 0.0886. The molecule has 9 heteroatoms. The second-order valence-electron chi connectivity index (χ2n) is 8.00. The first-order valence-corrected chi connectivity index (χ1v) is 10.9. The predicted molar refractivity (Wildman–Crippen MR) is 132 cm³/mol. The maximum absolute atomic E-state index is 17.3. The highest BCUT2D eigenvalue weighted by atomic mass is 35.5. The van der Waals surface area contributed by atoms with E-state index in [0.29, 0.717) is 38.4 Å². The van der Waals surface area contributed by atoms with E-state index in [1.165, 1.54) is 27.7 Å². The van der Waals surface area contributed by atoms with Crippen LogP contribution in [-0.2, 0) is 19.8 Å². The van der Waals surface area contributed by atoms with Gasteiger partial charge in [0.2, 0.25) is 5.67 Å². The number of rotatable bonds is 4. The molecule has 35 heavy (non-hydrogen) atoms. The lowest BCUT2D eigenvalue weighted by molar-refractivity contribution is 0.257. The van der Waals surface area contributed by atoms with Crippen molar-refractivity contribution in [1.29, 1.82) is 0 Å². The van der Waals surface area contributed by atoms with Crippen molar-refractivity contribution in [3.05, 3.63) is 105 Å². The Kier molecular flexibility index (Phi) is 5.42. The maximum atomic E-state index is 17.3. The average molecular weight is 485 g/mol. The van der Waals surface area contributed by atoms with Crippen LogP contribution in [0.1, 0.15) is 22.6 Å². The van der Waals surface area contributed by atoms with Crippen molar-refractivity contribution in [2.45, 2.75) is 5.67 Å². The van der Waals surface area contributed by atoms with Gasteiger partial charge in [-0.1, -0.05) is 40.9 Å². The lowest BCUT2D eigenvalue weighted by atomic mass is 9.87. The molecule has 0 aliphatic rings. The minimum Gasteiger partial charge on any atom is -0.310 e. The summed E-state index contributed by atoms with van der Waals surface area (Å²) in [5.41, 5.74) is 0.0725. The summed E-state index contributed by atoms with van der Waals surface area (Å²) >= 11 is 6.07. The number of nitrogens with zero attached hydrogens (tertiary/aromatic N) is 6. The molecule has 1 unspecified atom stereocenters. The number of fused-ring (bicyclic) bond motifs is 1. The van der Waals surface area contributed by atoms with Crippen molar-refractivity contribution >= 4 is 22.5 Å². The molecule has 0 saturated heterocycles. The second kappa shape index (κ2) is 8.46. The van der Waals surface area contributed by atoms with Gasteiger partial charge in [-0.15, -0.1) is 11.5 Å². The molecule has 0 radical (unpaired) electrons. The van der Waals surface area contributed by atoms with Crippen molar-refractivity contribution < 1.29 is 4.39 Å². The lowest BCUT2D eigenvalue weighted by Gasteiger charge is -2.26. The number of aromatic nitrogens is 6. The van der Waals surface area contributed by atoms with Gasteiger partial charge < -0.3 is 4.57 Å². The fourth-order valence-electron chi connectivity index (χ4n) is 4.12. The molecule has 5 aromatic rings. The summed E-state index contributed by atoms with van der Waals surface area (Å²) in [4.78, 5) is 21.6. The summed E-state index contributed by atoms with van der Waals surface area (Å²) in [7, 11) is 3.24. The van der Waals surface area contributed by atoms with Crippen LogP contribution in [0.4, 0.5) is 4.39 Å². The maximum Gasteiger partial charge on any atom is 0.251 e. The van der Waals surface area contributed by atoms with E-state index >= 15 is 4.39 Å². The number of terminal acetylenes is 1. The Labute approximate surface area is 204 Å². The van der Waals surface area contributed by atoms with E-state index in [9.17, 15) is 4.79 Å². The Balaban J connectivity index is 1.84. The quantitative estimate of drug-likeness (QED) is 0.360. The minimum atomic E-state index is -2.21. The summed E-state index contributed by atoms with van der Waals surface area (Å²) in [5, 5.41) is 8.86. The Morgan fingerprint density at radius 3 is 2.54 bits per heavy atom. The molecule has 4 heterocycles. The van der Waals surface area contributed by atoms with Crippen LogP contribution in [0.25, 0.3) is 22.2 Å². The van der Waals surface area contributed by atoms with Crippen LogP contribution >= 0.6 is 11.6 Å². The van der Waals surface area contributed by atoms with Gasteiger partial charge >= 0.3 is 0 Å². The van der Waals surface area contributed by atoms with Crippen LogP contribution < -0.4 is 5.56 Å². The standard InChI is InChI=1S/C26H18ClFN6O/c1-4-18-6-5-7-21(31-18)19-13-25(35)33(2)22-14-29-23(12-20(19)22)26(28,24-15-30-32-34(24)3)16-8-10-17(27)11-9-16/h1,5-15H,2-3H3. The van der Waals surface area contributed by atoms with Gasteiger partial charge in [0.1, 0.15) is 11.4 Å². The molecule has 0 fully saturated rings. The third-order valence-electron chi connectivity index (χ3n) is 5.97. The van der Waals surface area contributed by atoms with E-state index in [-0.39, 0.29) is 16.9 Å². The largest absolute Gasteiger partial charge is 0.310 e. The van der Waals surface area contributed by atoms with Crippen LogP contribution in [-0.4, -0.2) is 29.5 Å². The molecule has 0 spiro atoms. The summed E-state index contributed by atoms with van der Waals surface area (Å²) in [6.45, 7) is 0. The fraction of sp³-hybridized carbons (Fsp3) is 0.115. The highest BCUT2D eigenvalue weighted by Gasteiger charge is 2.41. The Morgan fingerprint density at radius 2 is 1.86 bits per heavy atom. The normalized spacial score (nSPS) is 12.9. The van der Waals surface area contributed by atoms with E-state index in [4.69, 9.17) is 18.0 Å². The van der Waals surface area contributed by atoms with Gasteiger partial charge in [-0.05, 0) is 30.3 Å². The number of pyridine rings is 3. The van der Waals surface area contributed by atoms with E-state index in [0.717, 1.165) is 0 Å². The van der Waals surface area contributed by atoms with Crippen LogP contribution in [0.2, 0.25) is 5.02 Å². The molecule has 4 aromatic heterocycles. The Morgan fingerprint density at radius 1 is 1.09 bits per heavy atom. The van der Waals surface area contributed by atoms with Gasteiger partial charge in [-0.3, -0.25) is 9.78 Å².